The summed E-state index contributed by atoms with van der Waals surface area (Å²) in [6.45, 7) is 0. The molecule has 4 atom stereocenters. The number of fused-ring (bicyclic) bond motifs is 2. The topological polar surface area (TPSA) is 20.2 Å². The first kappa shape index (κ1) is 10.8. The molecule has 1 aromatic rings. The molecule has 0 spiro atoms. The maximum Gasteiger partial charge on any atom is 0.0843 e. The molecule has 2 fully saturated rings. The van der Waals surface area contributed by atoms with Crippen LogP contribution in [0.2, 0.25) is 0 Å². The van der Waals surface area contributed by atoms with E-state index in [1.165, 1.54) is 24.8 Å². The van der Waals surface area contributed by atoms with Gasteiger partial charge in [-0.25, -0.2) is 0 Å². The van der Waals surface area contributed by atoms with Gasteiger partial charge in [-0.05, 0) is 43.1 Å². The number of halogens is 1. The summed E-state index contributed by atoms with van der Waals surface area (Å²) in [5.41, 5.74) is 0.696. The van der Waals surface area contributed by atoms with Crippen molar-refractivity contribution in [1.29, 1.82) is 0 Å². The average molecular weight is 281 g/mol. The Kier molecular flexibility index (Phi) is 2.60. The van der Waals surface area contributed by atoms with Crippen LogP contribution >= 0.6 is 15.9 Å². The number of benzene rings is 1. The third-order valence-corrected chi connectivity index (χ3v) is 5.72. The van der Waals surface area contributed by atoms with E-state index in [0.717, 1.165) is 12.3 Å². The fraction of sp³-hybridized carbons (Fsp3) is 0.571. The van der Waals surface area contributed by atoms with Crippen LogP contribution in [0, 0.1) is 11.8 Å². The van der Waals surface area contributed by atoms with E-state index in [0.29, 0.717) is 5.92 Å². The van der Waals surface area contributed by atoms with Gasteiger partial charge in [-0.3, -0.25) is 0 Å². The molecule has 0 saturated heterocycles. The Morgan fingerprint density at radius 3 is 2.56 bits per heavy atom. The number of aliphatic hydroxyl groups is 1. The third kappa shape index (κ3) is 1.54. The van der Waals surface area contributed by atoms with E-state index in [1.54, 1.807) is 0 Å². The maximum atomic E-state index is 10.9. The lowest BCUT2D eigenvalue weighted by atomic mass is 9.80. The number of rotatable bonds is 2. The third-order valence-electron chi connectivity index (χ3n) is 4.39. The normalized spacial score (nSPS) is 38.9. The first-order valence-corrected chi connectivity index (χ1v) is 7.03. The lowest BCUT2D eigenvalue weighted by Crippen LogP contribution is -2.39. The fourth-order valence-corrected chi connectivity index (χ4v) is 4.43. The van der Waals surface area contributed by atoms with Crippen LogP contribution < -0.4 is 0 Å². The van der Waals surface area contributed by atoms with Crippen molar-refractivity contribution in [2.75, 3.05) is 0 Å². The van der Waals surface area contributed by atoms with Crippen LogP contribution in [0.5, 0.6) is 0 Å². The first-order chi connectivity index (χ1) is 7.70. The summed E-state index contributed by atoms with van der Waals surface area (Å²) in [7, 11) is 0. The van der Waals surface area contributed by atoms with Gasteiger partial charge in [0.15, 0.2) is 0 Å². The molecule has 0 heterocycles. The molecule has 16 heavy (non-hydrogen) atoms. The van der Waals surface area contributed by atoms with Crippen LogP contribution in [0.3, 0.4) is 0 Å². The zero-order valence-electron chi connectivity index (χ0n) is 9.27. The van der Waals surface area contributed by atoms with Gasteiger partial charge in [0, 0.05) is 0 Å². The van der Waals surface area contributed by atoms with E-state index in [1.807, 2.05) is 18.2 Å². The van der Waals surface area contributed by atoms with Crippen LogP contribution in [-0.4, -0.2) is 10.7 Å². The molecule has 0 amide bonds. The second-order valence-electron chi connectivity index (χ2n) is 5.34. The van der Waals surface area contributed by atoms with Gasteiger partial charge >= 0.3 is 0 Å². The van der Waals surface area contributed by atoms with Crippen molar-refractivity contribution >= 4 is 15.9 Å². The molecule has 0 radical (unpaired) electrons. The number of alkyl halides is 1. The summed E-state index contributed by atoms with van der Waals surface area (Å²) in [6, 6.07) is 10.3. The van der Waals surface area contributed by atoms with E-state index in [4.69, 9.17) is 0 Å². The molecule has 2 aliphatic rings. The summed E-state index contributed by atoms with van der Waals surface area (Å²) >= 11 is 3.72. The van der Waals surface area contributed by atoms with Crippen LogP contribution in [0.15, 0.2) is 30.3 Å². The Hall–Kier alpha value is -0.340. The van der Waals surface area contributed by atoms with Crippen molar-refractivity contribution in [1.82, 2.24) is 0 Å². The first-order valence-electron chi connectivity index (χ1n) is 6.11. The monoisotopic (exact) mass is 280 g/mol. The SMILES string of the molecule is OC1(C(Br)c2ccccc2)CC2CCC1C2. The zero-order chi connectivity index (χ0) is 11.2. The quantitative estimate of drug-likeness (QED) is 0.820. The summed E-state index contributed by atoms with van der Waals surface area (Å²) in [5.74, 6) is 1.26. The molecular weight excluding hydrogens is 264 g/mol. The highest BCUT2D eigenvalue weighted by molar-refractivity contribution is 9.09. The van der Waals surface area contributed by atoms with Gasteiger partial charge < -0.3 is 5.11 Å². The Labute approximate surface area is 105 Å². The van der Waals surface area contributed by atoms with Crippen molar-refractivity contribution in [3.05, 3.63) is 35.9 Å². The van der Waals surface area contributed by atoms with E-state index >= 15 is 0 Å². The molecule has 3 rings (SSSR count). The minimum atomic E-state index is -0.510. The highest BCUT2D eigenvalue weighted by Gasteiger charge is 2.53. The number of hydrogen-bond donors (Lipinski definition) is 1. The molecule has 1 nitrogen and oxygen atoms in total. The van der Waals surface area contributed by atoms with Crippen molar-refractivity contribution in [2.45, 2.75) is 36.1 Å². The summed E-state index contributed by atoms with van der Waals surface area (Å²) in [4.78, 5) is 0.0940. The van der Waals surface area contributed by atoms with Crippen molar-refractivity contribution in [2.24, 2.45) is 11.8 Å². The van der Waals surface area contributed by atoms with Crippen molar-refractivity contribution < 1.29 is 5.11 Å². The fourth-order valence-electron chi connectivity index (χ4n) is 3.56. The Morgan fingerprint density at radius 2 is 2.00 bits per heavy atom. The van der Waals surface area contributed by atoms with Gasteiger partial charge in [-0.15, -0.1) is 0 Å². The van der Waals surface area contributed by atoms with E-state index in [2.05, 4.69) is 28.1 Å². The molecule has 86 valence electrons. The average Bonchev–Trinajstić information content (AvgIpc) is 2.89. The molecule has 0 aromatic heterocycles. The van der Waals surface area contributed by atoms with E-state index in [9.17, 15) is 5.11 Å². The van der Waals surface area contributed by atoms with Gasteiger partial charge in [-0.1, -0.05) is 46.3 Å². The minimum absolute atomic E-state index is 0.0940. The van der Waals surface area contributed by atoms with Crippen molar-refractivity contribution in [3.8, 4) is 0 Å². The second kappa shape index (κ2) is 3.85. The number of hydrogen-bond acceptors (Lipinski definition) is 1. The Morgan fingerprint density at radius 1 is 1.25 bits per heavy atom. The van der Waals surface area contributed by atoms with Gasteiger partial charge in [0.2, 0.25) is 0 Å². The lowest BCUT2D eigenvalue weighted by Gasteiger charge is -2.37. The molecule has 2 saturated carbocycles. The van der Waals surface area contributed by atoms with Crippen LogP contribution in [0.4, 0.5) is 0 Å². The highest BCUT2D eigenvalue weighted by atomic mass is 79.9. The van der Waals surface area contributed by atoms with Gasteiger partial charge in [0.05, 0.1) is 10.4 Å². The molecule has 4 unspecified atom stereocenters. The van der Waals surface area contributed by atoms with Crippen LogP contribution in [0.1, 0.15) is 36.1 Å². The largest absolute Gasteiger partial charge is 0.388 e. The molecule has 0 aliphatic heterocycles. The van der Waals surface area contributed by atoms with Gasteiger partial charge in [-0.2, -0.15) is 0 Å². The molecular formula is C14H17BrO. The Bertz CT molecular complexity index is 378. The molecule has 1 aromatic carbocycles. The van der Waals surface area contributed by atoms with Crippen LogP contribution in [0.25, 0.3) is 0 Å². The predicted octanol–water partition coefficient (Wildman–Crippen LogP) is 3.67. The summed E-state index contributed by atoms with van der Waals surface area (Å²) in [5, 5.41) is 10.9. The van der Waals surface area contributed by atoms with Gasteiger partial charge in [0.25, 0.3) is 0 Å². The minimum Gasteiger partial charge on any atom is -0.388 e. The standard InChI is InChI=1S/C14H17BrO/c15-13(11-4-2-1-3-5-11)14(16)9-10-6-7-12(14)8-10/h1-5,10,12-13,16H,6-9H2. The molecule has 1 N–H and O–H groups in total. The van der Waals surface area contributed by atoms with Crippen molar-refractivity contribution in [3.63, 3.8) is 0 Å². The second-order valence-corrected chi connectivity index (χ2v) is 6.26. The smallest absolute Gasteiger partial charge is 0.0843 e. The molecule has 2 bridgehead atoms. The molecule has 2 heteroatoms. The van der Waals surface area contributed by atoms with E-state index < -0.39 is 5.60 Å². The van der Waals surface area contributed by atoms with E-state index in [-0.39, 0.29) is 4.83 Å². The summed E-state index contributed by atoms with van der Waals surface area (Å²) in [6.07, 6.45) is 4.73. The van der Waals surface area contributed by atoms with Gasteiger partial charge in [0.1, 0.15) is 0 Å². The zero-order valence-corrected chi connectivity index (χ0v) is 10.9. The van der Waals surface area contributed by atoms with Crippen LogP contribution in [-0.2, 0) is 0 Å². The highest BCUT2D eigenvalue weighted by Crippen LogP contribution is 2.57. The lowest BCUT2D eigenvalue weighted by molar-refractivity contribution is -0.0136. The summed E-state index contributed by atoms with van der Waals surface area (Å²) < 4.78 is 0. The molecule has 2 aliphatic carbocycles. The maximum absolute atomic E-state index is 10.9. The predicted molar refractivity (Wildman–Crippen MR) is 68.5 cm³/mol. The Balaban J connectivity index is 1.88.